The van der Waals surface area contributed by atoms with Crippen LogP contribution in [0.5, 0.6) is 0 Å². The predicted octanol–water partition coefficient (Wildman–Crippen LogP) is 0.714. The van der Waals surface area contributed by atoms with Crippen LogP contribution in [0.4, 0.5) is 4.39 Å². The van der Waals surface area contributed by atoms with E-state index in [1.165, 1.54) is 12.1 Å². The molecular weight excluding hydrogens is 337 g/mol. The molecule has 2 aliphatic rings. The monoisotopic (exact) mass is 357 g/mol. The summed E-state index contributed by atoms with van der Waals surface area (Å²) < 4.78 is 12.9. The highest BCUT2D eigenvalue weighted by molar-refractivity contribution is 5.99. The summed E-state index contributed by atoms with van der Waals surface area (Å²) in [6, 6.07) is 4.11. The van der Waals surface area contributed by atoms with E-state index in [1.807, 2.05) is 0 Å². The van der Waals surface area contributed by atoms with Gasteiger partial charge in [-0.2, -0.15) is 5.26 Å². The van der Waals surface area contributed by atoms with Gasteiger partial charge >= 0.3 is 0 Å². The highest BCUT2D eigenvalue weighted by Crippen LogP contribution is 2.25. The maximum Gasteiger partial charge on any atom is 0.247 e. The first-order chi connectivity index (χ1) is 12.5. The zero-order valence-corrected chi connectivity index (χ0v) is 14.3. The van der Waals surface area contributed by atoms with Gasteiger partial charge in [-0.05, 0) is 32.0 Å². The molecule has 3 heterocycles. The summed E-state index contributed by atoms with van der Waals surface area (Å²) in [6.45, 7) is 2.41. The van der Waals surface area contributed by atoms with E-state index in [-0.39, 0.29) is 36.2 Å². The average molecular weight is 357 g/mol. The Labute approximate surface area is 150 Å². The van der Waals surface area contributed by atoms with Gasteiger partial charge in [0.1, 0.15) is 11.9 Å². The van der Waals surface area contributed by atoms with Gasteiger partial charge < -0.3 is 16.0 Å². The van der Waals surface area contributed by atoms with Gasteiger partial charge in [-0.1, -0.05) is 6.08 Å². The molecule has 2 aliphatic heterocycles. The van der Waals surface area contributed by atoms with Crippen LogP contribution in [0.3, 0.4) is 0 Å². The number of carbonyl (C=O) groups excluding carboxylic acids is 2. The van der Waals surface area contributed by atoms with Crippen molar-refractivity contribution in [1.29, 1.82) is 5.26 Å². The van der Waals surface area contributed by atoms with E-state index in [4.69, 9.17) is 0 Å². The van der Waals surface area contributed by atoms with Gasteiger partial charge in [0.25, 0.3) is 0 Å². The molecule has 0 spiro atoms. The van der Waals surface area contributed by atoms with Crippen LogP contribution in [0.15, 0.2) is 30.0 Å². The third-order valence-corrected chi connectivity index (χ3v) is 4.73. The number of nitrogens with zero attached hydrogens (tertiary/aromatic N) is 2. The minimum atomic E-state index is -0.445. The van der Waals surface area contributed by atoms with E-state index >= 15 is 0 Å². The fourth-order valence-electron chi connectivity index (χ4n) is 3.36. The van der Waals surface area contributed by atoms with Crippen molar-refractivity contribution in [1.82, 2.24) is 20.9 Å². The molecule has 3 N–H and O–H groups in total. The number of fused-ring (bicyclic) bond motifs is 1. The smallest absolute Gasteiger partial charge is 0.247 e. The Balaban J connectivity index is 1.66. The largest absolute Gasteiger partial charge is 0.349 e. The number of rotatable bonds is 4. The lowest BCUT2D eigenvalue weighted by molar-refractivity contribution is -0.124. The van der Waals surface area contributed by atoms with Crippen LogP contribution in [-0.4, -0.2) is 35.4 Å². The van der Waals surface area contributed by atoms with Crippen molar-refractivity contribution in [3.05, 3.63) is 41.5 Å². The van der Waals surface area contributed by atoms with Gasteiger partial charge in [-0.15, -0.1) is 0 Å². The SMILES string of the molecule is C[C@H](NC(=O)CC1=CC2C(C#N)NCCC2NC1=O)c1ccc(F)cn1. The standard InChI is InChI=1S/C18H20FN5O2/c1-10(14-3-2-12(19)9-22-14)23-17(25)7-11-6-13-15(24-18(11)26)4-5-21-16(13)8-20/h2-3,6,9-10,13,15-16,21H,4-5,7H2,1H3,(H,23,25)(H,24,26)/t10-,13?,15?,16?/m0/s1. The van der Waals surface area contributed by atoms with Crippen LogP contribution in [0.25, 0.3) is 0 Å². The topological polar surface area (TPSA) is 107 Å². The molecule has 0 saturated carbocycles. The summed E-state index contributed by atoms with van der Waals surface area (Å²) in [4.78, 5) is 28.5. The maximum atomic E-state index is 12.9. The van der Waals surface area contributed by atoms with E-state index in [0.29, 0.717) is 17.8 Å². The van der Waals surface area contributed by atoms with Crippen LogP contribution in [0.2, 0.25) is 0 Å². The van der Waals surface area contributed by atoms with E-state index in [9.17, 15) is 19.2 Å². The second kappa shape index (κ2) is 7.62. The number of halogens is 1. The molecule has 1 saturated heterocycles. The number of hydrogen-bond donors (Lipinski definition) is 3. The molecule has 26 heavy (non-hydrogen) atoms. The summed E-state index contributed by atoms with van der Waals surface area (Å²) in [5.41, 5.74) is 0.884. The van der Waals surface area contributed by atoms with E-state index < -0.39 is 11.9 Å². The van der Waals surface area contributed by atoms with Gasteiger partial charge in [0.15, 0.2) is 0 Å². The minimum Gasteiger partial charge on any atom is -0.349 e. The number of nitriles is 1. The second-order valence-corrected chi connectivity index (χ2v) is 6.57. The molecule has 1 aromatic heterocycles. The van der Waals surface area contributed by atoms with Crippen molar-refractivity contribution in [3.8, 4) is 6.07 Å². The van der Waals surface area contributed by atoms with Crippen molar-refractivity contribution in [3.63, 3.8) is 0 Å². The Hall–Kier alpha value is -2.79. The Morgan fingerprint density at radius 3 is 3.04 bits per heavy atom. The van der Waals surface area contributed by atoms with Gasteiger partial charge in [0.2, 0.25) is 11.8 Å². The van der Waals surface area contributed by atoms with Gasteiger partial charge in [-0.25, -0.2) is 4.39 Å². The van der Waals surface area contributed by atoms with Crippen molar-refractivity contribution in [2.24, 2.45) is 5.92 Å². The molecule has 0 aliphatic carbocycles. The number of hydrogen-bond acceptors (Lipinski definition) is 5. The molecule has 136 valence electrons. The van der Waals surface area contributed by atoms with Crippen LogP contribution in [0, 0.1) is 23.1 Å². The Morgan fingerprint density at radius 2 is 2.35 bits per heavy atom. The quantitative estimate of drug-likeness (QED) is 0.736. The first-order valence-electron chi connectivity index (χ1n) is 8.53. The van der Waals surface area contributed by atoms with Crippen LogP contribution >= 0.6 is 0 Å². The normalized spacial score (nSPS) is 26.0. The Kier molecular flexibility index (Phi) is 5.28. The van der Waals surface area contributed by atoms with Gasteiger partial charge in [-0.3, -0.25) is 14.6 Å². The van der Waals surface area contributed by atoms with E-state index in [0.717, 1.165) is 12.6 Å². The third-order valence-electron chi connectivity index (χ3n) is 4.73. The molecule has 4 atom stereocenters. The predicted molar refractivity (Wildman–Crippen MR) is 90.9 cm³/mol. The summed E-state index contributed by atoms with van der Waals surface area (Å²) >= 11 is 0. The van der Waals surface area contributed by atoms with Crippen LogP contribution in [-0.2, 0) is 9.59 Å². The fraction of sp³-hybridized carbons (Fsp3) is 0.444. The van der Waals surface area contributed by atoms with Gasteiger partial charge in [0.05, 0.1) is 30.4 Å². The molecule has 2 amide bonds. The van der Waals surface area contributed by atoms with E-state index in [1.54, 1.807) is 13.0 Å². The first kappa shape index (κ1) is 18.0. The number of nitrogens with one attached hydrogen (secondary N) is 3. The summed E-state index contributed by atoms with van der Waals surface area (Å²) in [5.74, 6) is -1.20. The molecule has 7 nitrogen and oxygen atoms in total. The maximum absolute atomic E-state index is 12.9. The highest BCUT2D eigenvalue weighted by Gasteiger charge is 2.37. The molecule has 0 bridgehead atoms. The molecule has 1 aromatic rings. The molecule has 8 heteroatoms. The zero-order valence-electron chi connectivity index (χ0n) is 14.3. The van der Waals surface area contributed by atoms with Crippen molar-refractivity contribution in [2.45, 2.75) is 37.9 Å². The lowest BCUT2D eigenvalue weighted by Crippen LogP contribution is -2.56. The lowest BCUT2D eigenvalue weighted by Gasteiger charge is -2.37. The van der Waals surface area contributed by atoms with Crippen LogP contribution < -0.4 is 16.0 Å². The Bertz CT molecular complexity index is 771. The fourth-order valence-corrected chi connectivity index (χ4v) is 3.36. The minimum absolute atomic E-state index is 0.0810. The molecular formula is C18H20FN5O2. The molecule has 0 radical (unpaired) electrons. The molecule has 0 aromatic carbocycles. The van der Waals surface area contributed by atoms with Crippen LogP contribution in [0.1, 0.15) is 31.5 Å². The molecule has 1 fully saturated rings. The summed E-state index contributed by atoms with van der Waals surface area (Å²) in [6.07, 6.45) is 3.49. The molecule has 3 unspecified atom stereocenters. The number of aromatic nitrogens is 1. The van der Waals surface area contributed by atoms with Crippen molar-refractivity contribution < 1.29 is 14.0 Å². The summed E-state index contributed by atoms with van der Waals surface area (Å²) in [5, 5.41) is 18.0. The number of pyridine rings is 1. The van der Waals surface area contributed by atoms with E-state index in [2.05, 4.69) is 27.0 Å². The molecule has 3 rings (SSSR count). The average Bonchev–Trinajstić information content (AvgIpc) is 2.62. The second-order valence-electron chi connectivity index (χ2n) is 6.57. The highest BCUT2D eigenvalue weighted by atomic mass is 19.1. The third kappa shape index (κ3) is 3.89. The number of piperidine rings is 1. The number of amides is 2. The zero-order chi connectivity index (χ0) is 18.7. The van der Waals surface area contributed by atoms with Crippen molar-refractivity contribution >= 4 is 11.8 Å². The van der Waals surface area contributed by atoms with Gasteiger partial charge in [0, 0.05) is 17.5 Å². The van der Waals surface area contributed by atoms with Crippen molar-refractivity contribution in [2.75, 3.05) is 6.54 Å². The summed E-state index contributed by atoms with van der Waals surface area (Å²) in [7, 11) is 0. The first-order valence-corrected chi connectivity index (χ1v) is 8.53. The lowest BCUT2D eigenvalue weighted by atomic mass is 9.82. The Morgan fingerprint density at radius 1 is 1.54 bits per heavy atom. The number of carbonyl (C=O) groups is 2.